The molecule has 0 saturated carbocycles. The lowest BCUT2D eigenvalue weighted by molar-refractivity contribution is -0.158. The molecule has 0 aliphatic carbocycles. The number of rotatable bonds is 7. The fraction of sp³-hybridized carbons (Fsp3) is 0.500. The zero-order valence-corrected chi connectivity index (χ0v) is 13.0. The highest BCUT2D eigenvalue weighted by Gasteiger charge is 2.43. The number of hydrogen-bond acceptors (Lipinski definition) is 7. The van der Waals surface area contributed by atoms with E-state index in [2.05, 4.69) is 9.47 Å². The summed E-state index contributed by atoms with van der Waals surface area (Å²) in [5.41, 5.74) is -1.30. The van der Waals surface area contributed by atoms with Crippen molar-refractivity contribution < 1.29 is 28.7 Å². The quantitative estimate of drug-likeness (QED) is 0.222. The number of thioether (sulfide) groups is 1. The lowest BCUT2D eigenvalue weighted by Crippen LogP contribution is -2.56. The average Bonchev–Trinajstić information content (AvgIpc) is 2.42. The summed E-state index contributed by atoms with van der Waals surface area (Å²) in [5, 5.41) is 1.09. The first-order valence-electron chi connectivity index (χ1n) is 5.88. The van der Waals surface area contributed by atoms with Crippen molar-refractivity contribution in [3.63, 3.8) is 0 Å². The number of carbonyl (C=O) groups is 4. The lowest BCUT2D eigenvalue weighted by atomic mass is 10.2. The highest BCUT2D eigenvalue weighted by Crippen LogP contribution is 2.33. The van der Waals surface area contributed by atoms with Crippen LogP contribution in [0.3, 0.4) is 0 Å². The number of esters is 2. The second-order valence-corrected chi connectivity index (χ2v) is 5.57. The van der Waals surface area contributed by atoms with Crippen molar-refractivity contribution in [2.24, 2.45) is 0 Å². The van der Waals surface area contributed by atoms with Crippen LogP contribution in [0.1, 0.15) is 13.3 Å². The van der Waals surface area contributed by atoms with Crippen LogP contribution in [0.15, 0.2) is 11.5 Å². The second kappa shape index (κ2) is 8.04. The maximum absolute atomic E-state index is 11.6. The fourth-order valence-electron chi connectivity index (χ4n) is 1.40. The lowest BCUT2D eigenvalue weighted by Gasteiger charge is -2.40. The van der Waals surface area contributed by atoms with Gasteiger partial charge >= 0.3 is 11.9 Å². The zero-order chi connectivity index (χ0) is 16.0. The van der Waals surface area contributed by atoms with Crippen LogP contribution in [0, 0.1) is 0 Å². The molecule has 1 aliphatic rings. The first kappa shape index (κ1) is 17.5. The first-order valence-corrected chi connectivity index (χ1v) is 7.26. The van der Waals surface area contributed by atoms with Gasteiger partial charge in [0.2, 0.25) is 11.4 Å². The van der Waals surface area contributed by atoms with Gasteiger partial charge in [0.25, 0.3) is 0 Å². The molecule has 0 aromatic rings. The topological polar surface area (TPSA) is 90.0 Å². The predicted molar refractivity (Wildman–Crippen MR) is 75.3 cm³/mol. The number of alkyl halides is 1. The molecule has 21 heavy (non-hydrogen) atoms. The van der Waals surface area contributed by atoms with Crippen molar-refractivity contribution in [1.82, 2.24) is 4.90 Å². The molecule has 2 atom stereocenters. The smallest absolute Gasteiger partial charge is 0.345 e. The predicted octanol–water partition coefficient (Wildman–Crippen LogP) is 0.662. The highest BCUT2D eigenvalue weighted by atomic mass is 35.5. The summed E-state index contributed by atoms with van der Waals surface area (Å²) in [6.45, 7) is 0.881. The van der Waals surface area contributed by atoms with Gasteiger partial charge in [0, 0.05) is 6.08 Å². The number of nitrogens with zero attached hydrogens (tertiary/aromatic N) is 1. The highest BCUT2D eigenvalue weighted by molar-refractivity contribution is 8.02. The number of methoxy groups -OCH3 is 1. The average molecular weight is 336 g/mol. The van der Waals surface area contributed by atoms with Crippen molar-refractivity contribution in [3.05, 3.63) is 11.5 Å². The molecule has 7 nitrogen and oxygen atoms in total. The van der Waals surface area contributed by atoms with Crippen molar-refractivity contribution in [2.75, 3.05) is 13.7 Å². The van der Waals surface area contributed by atoms with Gasteiger partial charge in [-0.2, -0.15) is 0 Å². The van der Waals surface area contributed by atoms with Crippen molar-refractivity contribution in [3.8, 4) is 0 Å². The number of amides is 1. The molecule has 0 aromatic heterocycles. The number of hydrogen-bond donors (Lipinski definition) is 0. The Morgan fingerprint density at radius 3 is 2.71 bits per heavy atom. The van der Waals surface area contributed by atoms with Gasteiger partial charge in [0.1, 0.15) is 6.61 Å². The fourth-order valence-corrected chi connectivity index (χ4v) is 2.75. The molecule has 0 spiro atoms. The van der Waals surface area contributed by atoms with Crippen molar-refractivity contribution in [2.45, 2.75) is 24.2 Å². The minimum atomic E-state index is -1.30. The van der Waals surface area contributed by atoms with E-state index in [1.165, 1.54) is 25.5 Å². The first-order chi connectivity index (χ1) is 9.86. The molecule has 1 heterocycles. The Labute approximate surface area is 130 Å². The largest absolute Gasteiger partial charge is 0.466 e. The van der Waals surface area contributed by atoms with Gasteiger partial charge in [0.05, 0.1) is 18.9 Å². The van der Waals surface area contributed by atoms with Crippen LogP contribution in [0.25, 0.3) is 0 Å². The molecular formula is C12H14ClNO6S. The van der Waals surface area contributed by atoms with E-state index in [1.54, 1.807) is 0 Å². The Hall–Kier alpha value is -1.54. The van der Waals surface area contributed by atoms with Crippen molar-refractivity contribution >= 4 is 47.0 Å². The summed E-state index contributed by atoms with van der Waals surface area (Å²) in [4.78, 5) is 45.9. The van der Waals surface area contributed by atoms with Gasteiger partial charge in [-0.25, -0.2) is 9.59 Å². The number of ether oxygens (including phenoxy) is 2. The summed E-state index contributed by atoms with van der Waals surface area (Å²) in [6, 6.07) is 0. The monoisotopic (exact) mass is 335 g/mol. The normalized spacial score (nSPS) is 19.1. The number of β-lactam (4-membered cyclic amide) rings is 1. The van der Waals surface area contributed by atoms with E-state index in [4.69, 9.17) is 11.6 Å². The van der Waals surface area contributed by atoms with Crippen LogP contribution in [-0.2, 0) is 28.7 Å². The Morgan fingerprint density at radius 1 is 1.52 bits per heavy atom. The van der Waals surface area contributed by atoms with Gasteiger partial charge in [-0.1, -0.05) is 11.6 Å². The number of halogens is 1. The van der Waals surface area contributed by atoms with Gasteiger partial charge in [0.15, 0.2) is 5.78 Å². The number of ketones is 1. The van der Waals surface area contributed by atoms with Gasteiger partial charge in [-0.15, -0.1) is 11.8 Å². The van der Waals surface area contributed by atoms with Crippen LogP contribution >= 0.6 is 23.4 Å². The van der Waals surface area contributed by atoms with E-state index < -0.39 is 17.4 Å². The summed E-state index contributed by atoms with van der Waals surface area (Å²) in [6.07, 6.45) is 1.39. The minimum absolute atomic E-state index is 0.194. The summed E-state index contributed by atoms with van der Waals surface area (Å²) in [7, 11) is 1.25. The number of Topliss-reactive ketones (excluding diaryl/α,β-unsaturated/α-hetero) is 1. The molecule has 1 saturated heterocycles. The molecule has 0 bridgehead atoms. The summed E-state index contributed by atoms with van der Waals surface area (Å²) in [5.74, 6) is -2.02. The maximum atomic E-state index is 11.6. The summed E-state index contributed by atoms with van der Waals surface area (Å²) < 4.78 is 9.08. The van der Waals surface area contributed by atoms with E-state index in [-0.39, 0.29) is 30.1 Å². The number of carbonyl (C=O) groups excluding carboxylic acids is 4. The Kier molecular flexibility index (Phi) is 6.70. The Balaban J connectivity index is 2.53. The molecule has 9 heteroatoms. The van der Waals surface area contributed by atoms with E-state index in [9.17, 15) is 19.2 Å². The maximum Gasteiger partial charge on any atom is 0.345 e. The molecule has 1 aliphatic heterocycles. The van der Waals surface area contributed by atoms with Crippen LogP contribution in [0.4, 0.5) is 0 Å². The Bertz CT molecular complexity index is 480. The molecule has 0 N–H and O–H groups in total. The van der Waals surface area contributed by atoms with E-state index in [0.29, 0.717) is 0 Å². The molecule has 1 fully saturated rings. The molecule has 1 unspecified atom stereocenters. The van der Waals surface area contributed by atoms with Gasteiger partial charge in [-0.05, 0) is 12.3 Å². The molecule has 1 amide bonds. The van der Waals surface area contributed by atoms with E-state index >= 15 is 0 Å². The van der Waals surface area contributed by atoms with Gasteiger partial charge < -0.3 is 14.4 Å². The number of likely N-dealkylation sites (tertiary alicyclic amines) is 1. The summed E-state index contributed by atoms with van der Waals surface area (Å²) >= 11 is 7.02. The van der Waals surface area contributed by atoms with Crippen LogP contribution < -0.4 is 0 Å². The zero-order valence-electron chi connectivity index (χ0n) is 11.4. The van der Waals surface area contributed by atoms with Gasteiger partial charge in [-0.3, -0.25) is 9.59 Å². The third-order valence-corrected chi connectivity index (χ3v) is 3.83. The van der Waals surface area contributed by atoms with Crippen LogP contribution in [0.5, 0.6) is 0 Å². The van der Waals surface area contributed by atoms with Crippen molar-refractivity contribution in [1.29, 1.82) is 0 Å². The SMILES string of the molecule is COC(=O)C=CS[C@@H]1CC(=O)N1C(Cl)C(=O)OCC(C)=O. The van der Waals surface area contributed by atoms with E-state index in [0.717, 1.165) is 16.7 Å². The Morgan fingerprint density at radius 2 is 2.19 bits per heavy atom. The third kappa shape index (κ3) is 5.05. The van der Waals surface area contributed by atoms with Crippen LogP contribution in [-0.4, -0.2) is 53.1 Å². The molecule has 1 rings (SSSR count). The van der Waals surface area contributed by atoms with Crippen LogP contribution in [0.2, 0.25) is 0 Å². The van der Waals surface area contributed by atoms with E-state index in [1.807, 2.05) is 0 Å². The minimum Gasteiger partial charge on any atom is -0.466 e. The standard InChI is InChI=1S/C12H14ClNO6S/c1-7(15)6-20-12(18)11(13)14-8(16)5-9(14)21-4-3-10(17)19-2/h3-4,9,11H,5-6H2,1-2H3/t9-,11?/m1/s1. The molecule has 0 radical (unpaired) electrons. The molecule has 116 valence electrons. The molecular weight excluding hydrogens is 322 g/mol. The third-order valence-electron chi connectivity index (χ3n) is 2.44. The second-order valence-electron chi connectivity index (χ2n) is 4.07. The molecule has 0 aromatic carbocycles.